The highest BCUT2D eigenvalue weighted by Crippen LogP contribution is 2.33. The van der Waals surface area contributed by atoms with Crippen LogP contribution in [0, 0.1) is 0 Å². The normalized spacial score (nSPS) is 14.1. The number of carbonyl (C=O) groups is 4. The maximum atomic E-state index is 13.6. The third-order valence-electron chi connectivity index (χ3n) is 6.91. The van der Waals surface area contributed by atoms with E-state index in [0.29, 0.717) is 28.2 Å². The number of carboxylic acids is 1. The Hall–Kier alpha value is -4.32. The second-order valence-electron chi connectivity index (χ2n) is 9.55. The fourth-order valence-electron chi connectivity index (χ4n) is 4.78. The summed E-state index contributed by atoms with van der Waals surface area (Å²) in [6.45, 7) is 0.0141. The molecule has 0 unspecified atom stereocenters. The van der Waals surface area contributed by atoms with E-state index in [2.05, 4.69) is 17.4 Å². The van der Waals surface area contributed by atoms with Crippen LogP contribution in [-0.2, 0) is 4.79 Å². The molecule has 0 heterocycles. The summed E-state index contributed by atoms with van der Waals surface area (Å²) in [4.78, 5) is 49.6. The van der Waals surface area contributed by atoms with E-state index in [1.807, 2.05) is 18.2 Å². The van der Waals surface area contributed by atoms with Crippen molar-refractivity contribution in [3.8, 4) is 0 Å². The Morgan fingerprint density at radius 2 is 1.34 bits per heavy atom. The van der Waals surface area contributed by atoms with Crippen molar-refractivity contribution in [1.29, 1.82) is 0 Å². The number of benzene rings is 3. The van der Waals surface area contributed by atoms with Crippen molar-refractivity contribution in [2.45, 2.75) is 44.4 Å². The van der Waals surface area contributed by atoms with Gasteiger partial charge >= 0.3 is 5.97 Å². The lowest BCUT2D eigenvalue weighted by Crippen LogP contribution is -2.26. The van der Waals surface area contributed by atoms with E-state index >= 15 is 0 Å². The summed E-state index contributed by atoms with van der Waals surface area (Å²) in [6.07, 6.45) is 7.30. The van der Waals surface area contributed by atoms with Gasteiger partial charge in [-0.1, -0.05) is 86.0 Å². The Bertz CT molecular complexity index is 1320. The van der Waals surface area contributed by atoms with Gasteiger partial charge in [0.15, 0.2) is 11.6 Å². The highest BCUT2D eigenvalue weighted by Gasteiger charge is 2.20. The third kappa shape index (κ3) is 6.91. The minimum atomic E-state index is -0.998. The number of rotatable bonds is 10. The predicted octanol–water partition coefficient (Wildman–Crippen LogP) is 6.09. The molecular weight excluding hydrogens is 478 g/mol. The van der Waals surface area contributed by atoms with Gasteiger partial charge in [-0.3, -0.25) is 19.2 Å². The van der Waals surface area contributed by atoms with Gasteiger partial charge in [0.2, 0.25) is 0 Å². The van der Waals surface area contributed by atoms with E-state index in [1.165, 1.54) is 55.9 Å². The van der Waals surface area contributed by atoms with E-state index in [4.69, 9.17) is 5.11 Å². The van der Waals surface area contributed by atoms with Gasteiger partial charge in [-0.15, -0.1) is 0 Å². The molecule has 6 nitrogen and oxygen atoms in total. The molecule has 0 atom stereocenters. The molecule has 0 bridgehead atoms. The van der Waals surface area contributed by atoms with Crippen LogP contribution in [0.1, 0.15) is 86.6 Å². The fraction of sp³-hybridized carbons (Fsp3) is 0.250. The summed E-state index contributed by atoms with van der Waals surface area (Å²) in [5.41, 5.74) is 3.35. The molecule has 2 N–H and O–H groups in total. The zero-order valence-electron chi connectivity index (χ0n) is 21.2. The van der Waals surface area contributed by atoms with Gasteiger partial charge in [0.1, 0.15) is 0 Å². The Morgan fingerprint density at radius 1 is 0.737 bits per heavy atom. The van der Waals surface area contributed by atoms with Crippen molar-refractivity contribution >= 4 is 29.0 Å². The van der Waals surface area contributed by atoms with Crippen LogP contribution in [0.15, 0.2) is 84.9 Å². The SMILES string of the molecule is O=C(O)CCNC(=O)c1ccc(C(=O)C(=CC(=O)c2ccccc2)c2ccc(C3CCCCC3)cc2)cc1. The number of aliphatic carboxylic acids is 1. The minimum Gasteiger partial charge on any atom is -0.481 e. The maximum absolute atomic E-state index is 13.6. The summed E-state index contributed by atoms with van der Waals surface area (Å²) in [6, 6.07) is 22.9. The van der Waals surface area contributed by atoms with E-state index in [0.717, 1.165) is 0 Å². The zero-order chi connectivity index (χ0) is 26.9. The van der Waals surface area contributed by atoms with Crippen molar-refractivity contribution in [3.05, 3.63) is 113 Å². The van der Waals surface area contributed by atoms with E-state index in [1.54, 1.807) is 36.4 Å². The van der Waals surface area contributed by atoms with E-state index < -0.39 is 11.9 Å². The van der Waals surface area contributed by atoms with E-state index in [9.17, 15) is 19.2 Å². The van der Waals surface area contributed by atoms with Gasteiger partial charge in [-0.2, -0.15) is 0 Å². The highest BCUT2D eigenvalue weighted by atomic mass is 16.4. The molecule has 1 amide bonds. The monoisotopic (exact) mass is 509 g/mol. The lowest BCUT2D eigenvalue weighted by Gasteiger charge is -2.22. The van der Waals surface area contributed by atoms with Crippen LogP contribution < -0.4 is 5.32 Å². The van der Waals surface area contributed by atoms with Crippen molar-refractivity contribution in [2.24, 2.45) is 0 Å². The van der Waals surface area contributed by atoms with Crippen LogP contribution in [0.4, 0.5) is 0 Å². The number of allylic oxidation sites excluding steroid dienone is 2. The van der Waals surface area contributed by atoms with Crippen LogP contribution in [0.5, 0.6) is 0 Å². The largest absolute Gasteiger partial charge is 0.481 e. The van der Waals surface area contributed by atoms with Gasteiger partial charge in [0, 0.05) is 28.8 Å². The minimum absolute atomic E-state index is 0.0141. The van der Waals surface area contributed by atoms with Crippen LogP contribution in [0.3, 0.4) is 0 Å². The molecule has 0 aromatic heterocycles. The number of Topliss-reactive ketones (excluding diaryl/α,β-unsaturated/α-hetero) is 1. The first kappa shape index (κ1) is 26.7. The van der Waals surface area contributed by atoms with Crippen LogP contribution >= 0.6 is 0 Å². The van der Waals surface area contributed by atoms with Crippen molar-refractivity contribution < 1.29 is 24.3 Å². The zero-order valence-corrected chi connectivity index (χ0v) is 21.2. The maximum Gasteiger partial charge on any atom is 0.305 e. The Kier molecular flexibility index (Phi) is 8.98. The number of ketones is 2. The standard InChI is InChI=1S/C32H31NO5/c34-29(25-9-5-2-6-10-25)21-28(24-13-11-23(12-14-24)22-7-3-1-4-8-22)31(37)26-15-17-27(18-16-26)32(38)33-20-19-30(35)36/h2,5-6,9-18,21-22H,1,3-4,7-8,19-20H2,(H,33,38)(H,35,36). The molecule has 1 saturated carbocycles. The first-order valence-corrected chi connectivity index (χ1v) is 13.0. The van der Waals surface area contributed by atoms with Gasteiger partial charge < -0.3 is 10.4 Å². The summed E-state index contributed by atoms with van der Waals surface area (Å²) >= 11 is 0. The molecule has 6 heteroatoms. The topological polar surface area (TPSA) is 101 Å². The summed E-state index contributed by atoms with van der Waals surface area (Å²) in [7, 11) is 0. The lowest BCUT2D eigenvalue weighted by atomic mass is 9.83. The van der Waals surface area contributed by atoms with Gasteiger partial charge in [0.25, 0.3) is 5.91 Å². The molecule has 1 aliphatic carbocycles. The number of nitrogens with one attached hydrogen (secondary N) is 1. The molecular formula is C32H31NO5. The van der Waals surface area contributed by atoms with Crippen molar-refractivity contribution in [1.82, 2.24) is 5.32 Å². The number of carboxylic acid groups (broad SMARTS) is 1. The molecule has 38 heavy (non-hydrogen) atoms. The molecule has 1 aliphatic rings. The van der Waals surface area contributed by atoms with Gasteiger partial charge in [-0.25, -0.2) is 0 Å². The molecule has 0 spiro atoms. The second-order valence-corrected chi connectivity index (χ2v) is 9.55. The quantitative estimate of drug-likeness (QED) is 0.255. The molecule has 0 saturated heterocycles. The molecule has 1 fully saturated rings. The molecule has 4 rings (SSSR count). The predicted molar refractivity (Wildman–Crippen MR) is 146 cm³/mol. The number of hydrogen-bond donors (Lipinski definition) is 2. The first-order chi connectivity index (χ1) is 18.4. The molecule has 3 aromatic rings. The number of amides is 1. The van der Waals surface area contributed by atoms with Crippen LogP contribution in [0.2, 0.25) is 0 Å². The van der Waals surface area contributed by atoms with Crippen LogP contribution in [0.25, 0.3) is 5.57 Å². The molecule has 0 aliphatic heterocycles. The summed E-state index contributed by atoms with van der Waals surface area (Å²) in [5, 5.41) is 11.3. The van der Waals surface area contributed by atoms with Gasteiger partial charge in [0.05, 0.1) is 6.42 Å². The average molecular weight is 510 g/mol. The van der Waals surface area contributed by atoms with Crippen molar-refractivity contribution in [2.75, 3.05) is 6.54 Å². The van der Waals surface area contributed by atoms with E-state index in [-0.39, 0.29) is 30.1 Å². The molecule has 0 radical (unpaired) electrons. The average Bonchev–Trinajstić information content (AvgIpc) is 2.96. The highest BCUT2D eigenvalue weighted by molar-refractivity contribution is 6.32. The summed E-state index contributed by atoms with van der Waals surface area (Å²) < 4.78 is 0. The fourth-order valence-corrected chi connectivity index (χ4v) is 4.78. The van der Waals surface area contributed by atoms with Crippen LogP contribution in [-0.4, -0.2) is 35.1 Å². The number of carbonyl (C=O) groups excluding carboxylic acids is 3. The summed E-state index contributed by atoms with van der Waals surface area (Å²) in [5.74, 6) is -1.47. The molecule has 194 valence electrons. The van der Waals surface area contributed by atoms with Gasteiger partial charge in [-0.05, 0) is 48.1 Å². The Morgan fingerprint density at radius 3 is 1.97 bits per heavy atom. The van der Waals surface area contributed by atoms with Crippen molar-refractivity contribution in [3.63, 3.8) is 0 Å². The lowest BCUT2D eigenvalue weighted by molar-refractivity contribution is -0.136. The third-order valence-corrected chi connectivity index (χ3v) is 6.91. The molecule has 3 aromatic carbocycles. The Balaban J connectivity index is 1.59. The number of hydrogen-bond acceptors (Lipinski definition) is 4. The second kappa shape index (κ2) is 12.8. The Labute approximate surface area is 222 Å². The smallest absolute Gasteiger partial charge is 0.305 e. The first-order valence-electron chi connectivity index (χ1n) is 13.0.